The van der Waals surface area contributed by atoms with Crippen LogP contribution in [0.15, 0.2) is 0 Å². The molecule has 0 aromatic rings. The summed E-state index contributed by atoms with van der Waals surface area (Å²) in [5.41, 5.74) is 0.586. The van der Waals surface area contributed by atoms with Crippen molar-refractivity contribution in [3.05, 3.63) is 0 Å². The molecule has 0 bridgehead atoms. The Morgan fingerprint density at radius 1 is 1.00 bits per heavy atom. The third-order valence-electron chi connectivity index (χ3n) is 7.16. The second-order valence-corrected chi connectivity index (χ2v) is 9.32. The summed E-state index contributed by atoms with van der Waals surface area (Å²) in [5, 5.41) is 0. The van der Waals surface area contributed by atoms with Gasteiger partial charge >= 0.3 is 0 Å². The molecule has 3 nitrogen and oxygen atoms in total. The molecule has 0 N–H and O–H groups in total. The van der Waals surface area contributed by atoms with Crippen molar-refractivity contribution >= 4 is 0 Å². The van der Waals surface area contributed by atoms with Crippen LogP contribution < -0.4 is 0 Å². The molecule has 3 rings (SSSR count). The van der Waals surface area contributed by atoms with Gasteiger partial charge in [-0.05, 0) is 77.4 Å². The number of nitrogens with zero attached hydrogens (tertiary/aromatic N) is 3. The highest BCUT2D eigenvalue weighted by atomic mass is 15.3. The number of hydrogen-bond acceptors (Lipinski definition) is 3. The summed E-state index contributed by atoms with van der Waals surface area (Å²) >= 11 is 0. The first-order valence-electron chi connectivity index (χ1n) is 10.7. The molecule has 0 radical (unpaired) electrons. The van der Waals surface area contributed by atoms with Crippen molar-refractivity contribution in [2.45, 2.75) is 77.8 Å². The molecule has 0 aromatic carbocycles. The van der Waals surface area contributed by atoms with Crippen molar-refractivity contribution in [2.24, 2.45) is 11.8 Å². The number of likely N-dealkylation sites (tertiary alicyclic amines) is 1. The van der Waals surface area contributed by atoms with Gasteiger partial charge < -0.3 is 9.80 Å². The van der Waals surface area contributed by atoms with Crippen LogP contribution in [0, 0.1) is 11.8 Å². The molecular formula is C21H41N3. The molecule has 24 heavy (non-hydrogen) atoms. The van der Waals surface area contributed by atoms with Crippen LogP contribution in [0.1, 0.15) is 66.2 Å². The lowest BCUT2D eigenvalue weighted by atomic mass is 9.92. The van der Waals surface area contributed by atoms with E-state index in [2.05, 4.69) is 42.4 Å². The number of piperazine rings is 1. The molecule has 140 valence electrons. The molecule has 2 saturated heterocycles. The number of piperidine rings is 1. The van der Waals surface area contributed by atoms with Gasteiger partial charge in [0.05, 0.1) is 0 Å². The van der Waals surface area contributed by atoms with Crippen molar-refractivity contribution in [3.63, 3.8) is 0 Å². The van der Waals surface area contributed by atoms with Crippen molar-refractivity contribution in [1.29, 1.82) is 0 Å². The smallest absolute Gasteiger partial charge is 0.0338 e. The molecule has 0 amide bonds. The summed E-state index contributed by atoms with van der Waals surface area (Å²) in [5.74, 6) is 1.84. The predicted molar refractivity (Wildman–Crippen MR) is 103 cm³/mol. The molecule has 1 spiro atoms. The standard InChI is InChI=1S/C21H41N3/c1-5-19(4)16-24-15-14-22(17-21(24)9-10-21)11-6-20-7-12-23(13-8-20)18(2)3/h18-20H,5-17H2,1-4H3. The van der Waals surface area contributed by atoms with E-state index >= 15 is 0 Å². The van der Waals surface area contributed by atoms with E-state index in [1.807, 2.05) is 0 Å². The Balaban J connectivity index is 1.39. The van der Waals surface area contributed by atoms with Gasteiger partial charge in [0.25, 0.3) is 0 Å². The normalized spacial score (nSPS) is 27.9. The first-order chi connectivity index (χ1) is 11.5. The number of hydrogen-bond donors (Lipinski definition) is 0. The van der Waals surface area contributed by atoms with E-state index < -0.39 is 0 Å². The molecule has 1 aliphatic carbocycles. The largest absolute Gasteiger partial charge is 0.301 e. The molecule has 1 atom stereocenters. The van der Waals surface area contributed by atoms with Gasteiger partial charge in [0.15, 0.2) is 0 Å². The van der Waals surface area contributed by atoms with E-state index in [-0.39, 0.29) is 0 Å². The Bertz CT molecular complexity index is 383. The molecule has 2 heterocycles. The van der Waals surface area contributed by atoms with Gasteiger partial charge in [-0.1, -0.05) is 20.3 Å². The van der Waals surface area contributed by atoms with E-state index in [1.165, 1.54) is 84.3 Å². The van der Waals surface area contributed by atoms with Crippen LogP contribution in [0.4, 0.5) is 0 Å². The molecule has 2 aliphatic heterocycles. The van der Waals surface area contributed by atoms with E-state index in [9.17, 15) is 0 Å². The topological polar surface area (TPSA) is 9.72 Å². The highest BCUT2D eigenvalue weighted by Crippen LogP contribution is 2.44. The Hall–Kier alpha value is -0.120. The lowest BCUT2D eigenvalue weighted by Crippen LogP contribution is -2.56. The molecule has 3 fully saturated rings. The van der Waals surface area contributed by atoms with Crippen LogP contribution in [-0.2, 0) is 0 Å². The second kappa shape index (κ2) is 8.05. The lowest BCUT2D eigenvalue weighted by Gasteiger charge is -2.44. The highest BCUT2D eigenvalue weighted by molar-refractivity contribution is 5.08. The summed E-state index contributed by atoms with van der Waals surface area (Å²) in [6.45, 7) is 18.8. The highest BCUT2D eigenvalue weighted by Gasteiger charge is 2.50. The summed E-state index contributed by atoms with van der Waals surface area (Å²) in [7, 11) is 0. The minimum Gasteiger partial charge on any atom is -0.301 e. The zero-order valence-electron chi connectivity index (χ0n) is 16.8. The van der Waals surface area contributed by atoms with Gasteiger partial charge in [-0.3, -0.25) is 4.90 Å². The van der Waals surface area contributed by atoms with Crippen LogP contribution in [0.5, 0.6) is 0 Å². The van der Waals surface area contributed by atoms with Crippen molar-refractivity contribution in [3.8, 4) is 0 Å². The van der Waals surface area contributed by atoms with E-state index in [1.54, 1.807) is 0 Å². The average Bonchev–Trinajstić information content (AvgIpc) is 3.35. The maximum atomic E-state index is 2.85. The van der Waals surface area contributed by atoms with Gasteiger partial charge in [0, 0.05) is 37.8 Å². The zero-order valence-corrected chi connectivity index (χ0v) is 16.8. The second-order valence-electron chi connectivity index (χ2n) is 9.32. The quantitative estimate of drug-likeness (QED) is 0.702. The average molecular weight is 336 g/mol. The third kappa shape index (κ3) is 4.53. The minimum atomic E-state index is 0.586. The predicted octanol–water partition coefficient (Wildman–Crippen LogP) is 3.69. The monoisotopic (exact) mass is 335 g/mol. The molecular weight excluding hydrogens is 294 g/mol. The van der Waals surface area contributed by atoms with Crippen molar-refractivity contribution < 1.29 is 0 Å². The Labute approximate surface area is 150 Å². The van der Waals surface area contributed by atoms with Crippen LogP contribution in [0.3, 0.4) is 0 Å². The fourth-order valence-electron chi connectivity index (χ4n) is 4.82. The summed E-state index contributed by atoms with van der Waals surface area (Å²) in [4.78, 5) is 8.30. The minimum absolute atomic E-state index is 0.586. The Morgan fingerprint density at radius 2 is 1.71 bits per heavy atom. The van der Waals surface area contributed by atoms with Crippen LogP contribution >= 0.6 is 0 Å². The maximum Gasteiger partial charge on any atom is 0.0338 e. The van der Waals surface area contributed by atoms with Crippen LogP contribution in [0.2, 0.25) is 0 Å². The van der Waals surface area contributed by atoms with Crippen LogP contribution in [-0.4, -0.2) is 72.1 Å². The van der Waals surface area contributed by atoms with E-state index in [4.69, 9.17) is 0 Å². The molecule has 3 aliphatic rings. The Morgan fingerprint density at radius 3 is 2.29 bits per heavy atom. The SMILES string of the molecule is CCC(C)CN1CCN(CCC2CCN(C(C)C)CC2)CC12CC2. The third-order valence-corrected chi connectivity index (χ3v) is 7.16. The van der Waals surface area contributed by atoms with Gasteiger partial charge in [0.1, 0.15) is 0 Å². The molecule has 1 saturated carbocycles. The summed E-state index contributed by atoms with van der Waals surface area (Å²) in [6, 6.07) is 0.735. The molecule has 1 unspecified atom stereocenters. The first-order valence-corrected chi connectivity index (χ1v) is 10.7. The lowest BCUT2D eigenvalue weighted by molar-refractivity contribution is 0.0427. The van der Waals surface area contributed by atoms with Gasteiger partial charge in [0.2, 0.25) is 0 Å². The fourth-order valence-corrected chi connectivity index (χ4v) is 4.82. The van der Waals surface area contributed by atoms with Gasteiger partial charge in [-0.2, -0.15) is 0 Å². The van der Waals surface area contributed by atoms with Crippen molar-refractivity contribution in [1.82, 2.24) is 14.7 Å². The maximum absolute atomic E-state index is 2.85. The summed E-state index contributed by atoms with van der Waals surface area (Å²) in [6.07, 6.45) is 8.52. The number of rotatable bonds is 7. The van der Waals surface area contributed by atoms with Crippen LogP contribution in [0.25, 0.3) is 0 Å². The zero-order chi connectivity index (χ0) is 17.2. The summed E-state index contributed by atoms with van der Waals surface area (Å²) < 4.78 is 0. The van der Waals surface area contributed by atoms with Crippen molar-refractivity contribution in [2.75, 3.05) is 45.8 Å². The Kier molecular flexibility index (Phi) is 6.26. The van der Waals surface area contributed by atoms with E-state index in [0.29, 0.717) is 5.54 Å². The molecule has 3 heteroatoms. The fraction of sp³-hybridized carbons (Fsp3) is 1.00. The first kappa shape index (κ1) is 18.7. The molecule has 0 aromatic heterocycles. The van der Waals surface area contributed by atoms with E-state index in [0.717, 1.165) is 17.9 Å². The van der Waals surface area contributed by atoms with Gasteiger partial charge in [-0.25, -0.2) is 0 Å². The van der Waals surface area contributed by atoms with Gasteiger partial charge in [-0.15, -0.1) is 0 Å².